The molecule has 0 aromatic carbocycles. The van der Waals surface area contributed by atoms with Gasteiger partial charge in [0.2, 0.25) is 0 Å². The highest BCUT2D eigenvalue weighted by Gasteiger charge is 2.26. The molecule has 0 fully saturated rings. The molecule has 22 heavy (non-hydrogen) atoms. The molecule has 0 aliphatic rings. The van der Waals surface area contributed by atoms with Crippen molar-refractivity contribution >= 4 is 12.1 Å². The predicted molar refractivity (Wildman–Crippen MR) is 87.7 cm³/mol. The Labute approximate surface area is 135 Å². The van der Waals surface area contributed by atoms with Gasteiger partial charge in [0, 0.05) is 0 Å². The molecule has 0 unspecified atom stereocenters. The highest BCUT2D eigenvalue weighted by Crippen LogP contribution is 2.07. The van der Waals surface area contributed by atoms with E-state index in [0.717, 1.165) is 25.7 Å². The van der Waals surface area contributed by atoms with Crippen molar-refractivity contribution in [2.45, 2.75) is 78.7 Å². The summed E-state index contributed by atoms with van der Waals surface area (Å²) in [5.74, 6) is -0.413. The van der Waals surface area contributed by atoms with E-state index in [1.165, 1.54) is 19.3 Å². The molecule has 0 aliphatic carbocycles. The van der Waals surface area contributed by atoms with Crippen molar-refractivity contribution in [1.82, 2.24) is 5.32 Å². The lowest BCUT2D eigenvalue weighted by Gasteiger charge is -2.20. The van der Waals surface area contributed by atoms with Crippen LogP contribution >= 0.6 is 0 Å². The lowest BCUT2D eigenvalue weighted by Crippen LogP contribution is -2.45. The largest absolute Gasteiger partial charge is 0.464 e. The van der Waals surface area contributed by atoms with Crippen molar-refractivity contribution in [2.75, 3.05) is 13.2 Å². The van der Waals surface area contributed by atoms with Crippen LogP contribution in [0.1, 0.15) is 72.6 Å². The monoisotopic (exact) mass is 315 g/mol. The summed E-state index contributed by atoms with van der Waals surface area (Å²) in [7, 11) is 0. The molecule has 0 rings (SSSR count). The first-order valence-electron chi connectivity index (χ1n) is 8.62. The van der Waals surface area contributed by atoms with Crippen LogP contribution < -0.4 is 5.32 Å². The topological polar surface area (TPSA) is 64.6 Å². The minimum absolute atomic E-state index is 0.0358. The lowest BCUT2D eigenvalue weighted by molar-refractivity contribution is -0.147. The number of esters is 1. The standard InChI is InChI=1S/C17H33NO4/c1-5-7-9-10-11-13-21-16(19)15(14(3)4)18-17(20)22-12-8-6-2/h14-15H,5-13H2,1-4H3,(H,18,20)/t15-/m0/s1. The van der Waals surface area contributed by atoms with Gasteiger partial charge < -0.3 is 14.8 Å². The Bertz CT molecular complexity index is 305. The van der Waals surface area contributed by atoms with Gasteiger partial charge in [-0.25, -0.2) is 9.59 Å². The average Bonchev–Trinajstić information content (AvgIpc) is 2.48. The van der Waals surface area contributed by atoms with Crippen LogP contribution in [0.25, 0.3) is 0 Å². The molecule has 5 nitrogen and oxygen atoms in total. The maximum Gasteiger partial charge on any atom is 0.407 e. The zero-order valence-electron chi connectivity index (χ0n) is 14.7. The van der Waals surface area contributed by atoms with Crippen LogP contribution in [0.15, 0.2) is 0 Å². The van der Waals surface area contributed by atoms with Crippen LogP contribution in [-0.4, -0.2) is 31.3 Å². The number of unbranched alkanes of at least 4 members (excludes halogenated alkanes) is 5. The molecule has 5 heteroatoms. The predicted octanol–water partition coefficient (Wildman–Crippen LogP) is 4.05. The minimum atomic E-state index is -0.648. The van der Waals surface area contributed by atoms with Crippen molar-refractivity contribution in [3.05, 3.63) is 0 Å². The second-order valence-corrected chi connectivity index (χ2v) is 5.94. The normalized spacial score (nSPS) is 12.0. The summed E-state index contributed by atoms with van der Waals surface area (Å²) in [6.07, 6.45) is 6.75. The first kappa shape index (κ1) is 20.7. The van der Waals surface area contributed by atoms with Gasteiger partial charge >= 0.3 is 12.1 Å². The molecule has 0 aromatic heterocycles. The molecule has 1 N–H and O–H groups in total. The first-order chi connectivity index (χ1) is 10.5. The number of hydrogen-bond donors (Lipinski definition) is 1. The number of carbonyl (C=O) groups excluding carboxylic acids is 2. The second-order valence-electron chi connectivity index (χ2n) is 5.94. The van der Waals surface area contributed by atoms with E-state index in [2.05, 4.69) is 12.2 Å². The molecule has 0 saturated heterocycles. The van der Waals surface area contributed by atoms with E-state index in [1.54, 1.807) is 0 Å². The van der Waals surface area contributed by atoms with Crippen molar-refractivity contribution < 1.29 is 19.1 Å². The van der Waals surface area contributed by atoms with E-state index in [1.807, 2.05) is 20.8 Å². The SMILES string of the molecule is CCCCCCCOC(=O)[C@@H](NC(=O)OCCCC)C(C)C. The molecule has 0 aliphatic heterocycles. The third-order valence-corrected chi connectivity index (χ3v) is 3.42. The van der Waals surface area contributed by atoms with Crippen LogP contribution in [-0.2, 0) is 14.3 Å². The fraction of sp³-hybridized carbons (Fsp3) is 0.882. The van der Waals surface area contributed by atoms with Gasteiger partial charge in [0.1, 0.15) is 6.04 Å². The van der Waals surface area contributed by atoms with Crippen LogP contribution in [0.2, 0.25) is 0 Å². The van der Waals surface area contributed by atoms with Gasteiger partial charge in [-0.15, -0.1) is 0 Å². The quantitative estimate of drug-likeness (QED) is 0.436. The van der Waals surface area contributed by atoms with Crippen molar-refractivity contribution in [1.29, 1.82) is 0 Å². The summed E-state index contributed by atoms with van der Waals surface area (Å²) >= 11 is 0. The Morgan fingerprint density at radius 3 is 2.05 bits per heavy atom. The molecular formula is C17H33NO4. The van der Waals surface area contributed by atoms with Gasteiger partial charge in [-0.2, -0.15) is 0 Å². The zero-order chi connectivity index (χ0) is 16.8. The molecule has 0 heterocycles. The van der Waals surface area contributed by atoms with Crippen LogP contribution in [0.4, 0.5) is 4.79 Å². The van der Waals surface area contributed by atoms with E-state index in [4.69, 9.17) is 9.47 Å². The third-order valence-electron chi connectivity index (χ3n) is 3.42. The summed E-state index contributed by atoms with van der Waals surface area (Å²) in [5.41, 5.74) is 0. The maximum absolute atomic E-state index is 12.0. The van der Waals surface area contributed by atoms with Crippen molar-refractivity contribution in [3.8, 4) is 0 Å². The molecule has 0 aromatic rings. The molecule has 1 amide bonds. The van der Waals surface area contributed by atoms with Crippen LogP contribution in [0.3, 0.4) is 0 Å². The molecular weight excluding hydrogens is 282 g/mol. The minimum Gasteiger partial charge on any atom is -0.464 e. The second kappa shape index (κ2) is 13.4. The Balaban J connectivity index is 4.04. The van der Waals surface area contributed by atoms with E-state index in [-0.39, 0.29) is 11.9 Å². The smallest absolute Gasteiger partial charge is 0.407 e. The average molecular weight is 315 g/mol. The number of amides is 1. The highest BCUT2D eigenvalue weighted by molar-refractivity contribution is 5.81. The molecule has 130 valence electrons. The summed E-state index contributed by atoms with van der Waals surface area (Å²) in [4.78, 5) is 23.7. The fourth-order valence-corrected chi connectivity index (χ4v) is 1.94. The Hall–Kier alpha value is -1.26. The Morgan fingerprint density at radius 2 is 1.45 bits per heavy atom. The van der Waals surface area contributed by atoms with Gasteiger partial charge in [-0.1, -0.05) is 59.8 Å². The summed E-state index contributed by atoms with van der Waals surface area (Å²) in [6, 6.07) is -0.648. The van der Waals surface area contributed by atoms with Crippen LogP contribution in [0.5, 0.6) is 0 Å². The number of rotatable bonds is 12. The Morgan fingerprint density at radius 1 is 0.864 bits per heavy atom. The number of ether oxygens (including phenoxy) is 2. The first-order valence-corrected chi connectivity index (χ1v) is 8.62. The molecule has 1 atom stereocenters. The highest BCUT2D eigenvalue weighted by atomic mass is 16.6. The van der Waals surface area contributed by atoms with Gasteiger partial charge in [0.15, 0.2) is 0 Å². The van der Waals surface area contributed by atoms with E-state index >= 15 is 0 Å². The van der Waals surface area contributed by atoms with Gasteiger partial charge in [0.05, 0.1) is 13.2 Å². The molecule has 0 spiro atoms. The zero-order valence-corrected chi connectivity index (χ0v) is 14.7. The van der Waals surface area contributed by atoms with Crippen LogP contribution in [0, 0.1) is 5.92 Å². The van der Waals surface area contributed by atoms with Gasteiger partial charge in [-0.3, -0.25) is 0 Å². The fourth-order valence-electron chi connectivity index (χ4n) is 1.94. The Kier molecular flexibility index (Phi) is 12.6. The van der Waals surface area contributed by atoms with Crippen molar-refractivity contribution in [2.24, 2.45) is 5.92 Å². The van der Waals surface area contributed by atoms with E-state index < -0.39 is 12.1 Å². The summed E-state index contributed by atoms with van der Waals surface area (Å²) < 4.78 is 10.3. The number of alkyl carbamates (subject to hydrolysis) is 1. The maximum atomic E-state index is 12.0. The summed E-state index contributed by atoms with van der Waals surface area (Å²) in [6.45, 7) is 8.73. The summed E-state index contributed by atoms with van der Waals surface area (Å²) in [5, 5.41) is 2.60. The number of hydrogen-bond acceptors (Lipinski definition) is 4. The number of nitrogens with one attached hydrogen (secondary N) is 1. The third kappa shape index (κ3) is 10.5. The van der Waals surface area contributed by atoms with Gasteiger partial charge in [0.25, 0.3) is 0 Å². The van der Waals surface area contributed by atoms with E-state index in [0.29, 0.717) is 13.2 Å². The van der Waals surface area contributed by atoms with Crippen molar-refractivity contribution in [3.63, 3.8) is 0 Å². The molecule has 0 saturated carbocycles. The van der Waals surface area contributed by atoms with Gasteiger partial charge in [-0.05, 0) is 18.8 Å². The molecule has 0 radical (unpaired) electrons. The number of carbonyl (C=O) groups is 2. The van der Waals surface area contributed by atoms with E-state index in [9.17, 15) is 9.59 Å². The lowest BCUT2D eigenvalue weighted by atomic mass is 10.1. The molecule has 0 bridgehead atoms.